The number of carbonyl (C=O) groups excluding carboxylic acids is 2. The van der Waals surface area contributed by atoms with E-state index in [4.69, 9.17) is 4.74 Å². The minimum Gasteiger partial charge on any atom is -0.484 e. The Hall–Kier alpha value is -2.08. The van der Waals surface area contributed by atoms with Gasteiger partial charge in [-0.2, -0.15) is 0 Å². The van der Waals surface area contributed by atoms with Gasteiger partial charge in [-0.1, -0.05) is 6.07 Å². The second-order valence-electron chi connectivity index (χ2n) is 6.55. The number of amides is 2. The van der Waals surface area contributed by atoms with Gasteiger partial charge in [0, 0.05) is 36.8 Å². The number of piperidine rings is 1. The maximum Gasteiger partial charge on any atom is 0.260 e. The molecule has 1 atom stereocenters. The summed E-state index contributed by atoms with van der Waals surface area (Å²) in [6, 6.07) is 7.58. The average molecular weight is 331 g/mol. The Kier molecular flexibility index (Phi) is 5.35. The number of carbonyl (C=O) groups is 2. The summed E-state index contributed by atoms with van der Waals surface area (Å²) < 4.78 is 5.63. The molecule has 1 saturated carbocycles. The van der Waals surface area contributed by atoms with Crippen molar-refractivity contribution in [3.8, 4) is 5.75 Å². The summed E-state index contributed by atoms with van der Waals surface area (Å²) in [7, 11) is 1.93. The van der Waals surface area contributed by atoms with E-state index >= 15 is 0 Å². The van der Waals surface area contributed by atoms with E-state index in [1.807, 2.05) is 24.1 Å². The Morgan fingerprint density at radius 2 is 2.12 bits per heavy atom. The number of likely N-dealkylation sites (tertiary alicyclic amines) is 1. The maximum atomic E-state index is 12.3. The fraction of sp³-hybridized carbons (Fsp3) is 0.556. The van der Waals surface area contributed by atoms with Crippen LogP contribution in [0.3, 0.4) is 0 Å². The summed E-state index contributed by atoms with van der Waals surface area (Å²) in [4.78, 5) is 25.9. The van der Waals surface area contributed by atoms with Crippen LogP contribution in [-0.4, -0.2) is 49.5 Å². The minimum atomic E-state index is 0.00219. The third-order valence-electron chi connectivity index (χ3n) is 4.59. The number of hydrogen-bond acceptors (Lipinski definition) is 4. The number of hydrogen-bond donors (Lipinski definition) is 2. The molecule has 0 bridgehead atoms. The number of ether oxygens (including phenoxy) is 1. The molecule has 1 aliphatic heterocycles. The molecule has 2 aliphatic rings. The van der Waals surface area contributed by atoms with Crippen LogP contribution in [0.2, 0.25) is 0 Å². The van der Waals surface area contributed by atoms with Gasteiger partial charge in [0.05, 0.1) is 0 Å². The maximum absolute atomic E-state index is 12.3. The number of nitrogens with zero attached hydrogens (tertiary/aromatic N) is 1. The molecule has 1 aromatic rings. The molecule has 130 valence electrons. The van der Waals surface area contributed by atoms with E-state index in [1.54, 1.807) is 12.1 Å². The summed E-state index contributed by atoms with van der Waals surface area (Å²) >= 11 is 0. The van der Waals surface area contributed by atoms with Gasteiger partial charge in [0.2, 0.25) is 5.91 Å². The van der Waals surface area contributed by atoms with Crippen LogP contribution < -0.4 is 15.4 Å². The summed E-state index contributed by atoms with van der Waals surface area (Å²) in [5.74, 6) is 0.825. The second-order valence-corrected chi connectivity index (χ2v) is 6.55. The molecule has 2 amide bonds. The number of rotatable bonds is 6. The molecule has 1 saturated heterocycles. The van der Waals surface area contributed by atoms with E-state index in [1.165, 1.54) is 0 Å². The summed E-state index contributed by atoms with van der Waals surface area (Å²) in [6.45, 7) is 1.55. The fourth-order valence-electron chi connectivity index (χ4n) is 2.93. The van der Waals surface area contributed by atoms with Gasteiger partial charge in [0.15, 0.2) is 6.61 Å². The first-order valence-corrected chi connectivity index (χ1v) is 8.64. The molecular weight excluding hydrogens is 306 g/mol. The van der Waals surface area contributed by atoms with Crippen molar-refractivity contribution >= 4 is 17.5 Å². The van der Waals surface area contributed by atoms with Crippen molar-refractivity contribution < 1.29 is 14.3 Å². The smallest absolute Gasteiger partial charge is 0.260 e. The highest BCUT2D eigenvalue weighted by atomic mass is 16.5. The highest BCUT2D eigenvalue weighted by Gasteiger charge is 2.29. The lowest BCUT2D eigenvalue weighted by molar-refractivity contribution is -0.134. The summed E-state index contributed by atoms with van der Waals surface area (Å²) in [6.07, 6.45) is 4.06. The van der Waals surface area contributed by atoms with E-state index in [9.17, 15) is 9.59 Å². The summed E-state index contributed by atoms with van der Waals surface area (Å²) in [5.41, 5.74) is 0.713. The third kappa shape index (κ3) is 4.47. The van der Waals surface area contributed by atoms with E-state index in [0.29, 0.717) is 17.5 Å². The number of likely N-dealkylation sites (N-methyl/N-ethyl adjacent to an activating group) is 1. The van der Waals surface area contributed by atoms with Gasteiger partial charge in [-0.25, -0.2) is 0 Å². The lowest BCUT2D eigenvalue weighted by Gasteiger charge is -2.32. The zero-order valence-corrected chi connectivity index (χ0v) is 14.1. The van der Waals surface area contributed by atoms with Crippen LogP contribution in [0.25, 0.3) is 0 Å². The molecule has 0 aromatic heterocycles. The van der Waals surface area contributed by atoms with E-state index in [2.05, 4.69) is 10.6 Å². The van der Waals surface area contributed by atoms with Crippen molar-refractivity contribution in [3.63, 3.8) is 0 Å². The molecule has 1 heterocycles. The molecule has 2 N–H and O–H groups in total. The molecule has 24 heavy (non-hydrogen) atoms. The first-order chi connectivity index (χ1) is 11.7. The number of benzene rings is 1. The standard InChI is InChI=1S/C18H25N3O3/c1-19-15-5-3-9-21(11-15)17(22)12-24-16-6-2-4-14(10-16)20-18(23)13-7-8-13/h2,4,6,10,13,15,19H,3,5,7-9,11-12H2,1H3,(H,20,23). The number of anilines is 1. The van der Waals surface area contributed by atoms with Gasteiger partial charge in [-0.15, -0.1) is 0 Å². The predicted octanol–water partition coefficient (Wildman–Crippen LogP) is 1.62. The van der Waals surface area contributed by atoms with Crippen LogP contribution >= 0.6 is 0 Å². The Morgan fingerprint density at radius 1 is 1.29 bits per heavy atom. The Balaban J connectivity index is 1.50. The van der Waals surface area contributed by atoms with Crippen molar-refractivity contribution in [2.75, 3.05) is 32.1 Å². The minimum absolute atomic E-state index is 0.00219. The zero-order chi connectivity index (χ0) is 16.9. The predicted molar refractivity (Wildman–Crippen MR) is 92.0 cm³/mol. The normalized spacial score (nSPS) is 20.5. The molecule has 6 nitrogen and oxygen atoms in total. The van der Waals surface area contributed by atoms with Gasteiger partial charge >= 0.3 is 0 Å². The molecule has 3 rings (SSSR count). The molecule has 1 aliphatic carbocycles. The topological polar surface area (TPSA) is 70.7 Å². The average Bonchev–Trinajstić information content (AvgIpc) is 3.45. The molecule has 0 radical (unpaired) electrons. The SMILES string of the molecule is CNC1CCCN(C(=O)COc2cccc(NC(=O)C3CC3)c2)C1. The van der Waals surface area contributed by atoms with Gasteiger partial charge < -0.3 is 20.3 Å². The highest BCUT2D eigenvalue weighted by Crippen LogP contribution is 2.30. The molecule has 1 unspecified atom stereocenters. The molecule has 1 aromatic carbocycles. The van der Waals surface area contributed by atoms with Gasteiger partial charge in [-0.05, 0) is 44.9 Å². The second kappa shape index (κ2) is 7.66. The van der Waals surface area contributed by atoms with Crippen molar-refractivity contribution in [1.29, 1.82) is 0 Å². The molecular formula is C18H25N3O3. The molecule has 0 spiro atoms. The Labute approximate surface area is 142 Å². The van der Waals surface area contributed by atoms with E-state index in [-0.39, 0.29) is 24.3 Å². The van der Waals surface area contributed by atoms with Gasteiger partial charge in [-0.3, -0.25) is 9.59 Å². The monoisotopic (exact) mass is 331 g/mol. The van der Waals surface area contributed by atoms with E-state index < -0.39 is 0 Å². The molecule has 6 heteroatoms. The Morgan fingerprint density at radius 3 is 2.88 bits per heavy atom. The quantitative estimate of drug-likeness (QED) is 0.831. The number of nitrogens with one attached hydrogen (secondary N) is 2. The van der Waals surface area contributed by atoms with Crippen molar-refractivity contribution in [2.24, 2.45) is 5.92 Å². The first kappa shape index (κ1) is 16.8. The van der Waals surface area contributed by atoms with Crippen LogP contribution in [0.5, 0.6) is 5.75 Å². The Bertz CT molecular complexity index is 601. The van der Waals surface area contributed by atoms with Crippen molar-refractivity contribution in [2.45, 2.75) is 31.7 Å². The van der Waals surface area contributed by atoms with Crippen molar-refractivity contribution in [3.05, 3.63) is 24.3 Å². The van der Waals surface area contributed by atoms with Crippen LogP contribution in [0.15, 0.2) is 24.3 Å². The highest BCUT2D eigenvalue weighted by molar-refractivity contribution is 5.94. The van der Waals surface area contributed by atoms with E-state index in [0.717, 1.165) is 38.8 Å². The lowest BCUT2D eigenvalue weighted by Crippen LogP contribution is -2.48. The first-order valence-electron chi connectivity index (χ1n) is 8.64. The van der Waals surface area contributed by atoms with Crippen molar-refractivity contribution in [1.82, 2.24) is 10.2 Å². The third-order valence-corrected chi connectivity index (χ3v) is 4.59. The van der Waals surface area contributed by atoms with Crippen LogP contribution in [0, 0.1) is 5.92 Å². The lowest BCUT2D eigenvalue weighted by atomic mass is 10.1. The molecule has 2 fully saturated rings. The summed E-state index contributed by atoms with van der Waals surface area (Å²) in [5, 5.41) is 6.11. The largest absolute Gasteiger partial charge is 0.484 e. The fourth-order valence-corrected chi connectivity index (χ4v) is 2.93. The van der Waals surface area contributed by atoms with Gasteiger partial charge in [0.1, 0.15) is 5.75 Å². The van der Waals surface area contributed by atoms with Crippen LogP contribution in [0.4, 0.5) is 5.69 Å². The van der Waals surface area contributed by atoms with Gasteiger partial charge in [0.25, 0.3) is 5.91 Å². The van der Waals surface area contributed by atoms with Crippen LogP contribution in [0.1, 0.15) is 25.7 Å². The van der Waals surface area contributed by atoms with Crippen LogP contribution in [-0.2, 0) is 9.59 Å². The zero-order valence-electron chi connectivity index (χ0n) is 14.1.